The van der Waals surface area contributed by atoms with Crippen LogP contribution in [0.25, 0.3) is 10.9 Å². The zero-order valence-electron chi connectivity index (χ0n) is 17.8. The number of carbonyl (C=O) groups is 3. The van der Waals surface area contributed by atoms with Crippen molar-refractivity contribution in [2.24, 2.45) is 0 Å². The van der Waals surface area contributed by atoms with Gasteiger partial charge in [0, 0.05) is 28.0 Å². The van der Waals surface area contributed by atoms with Crippen LogP contribution in [0.1, 0.15) is 45.9 Å². The third-order valence-corrected chi connectivity index (χ3v) is 6.05. The molecule has 3 aromatic rings. The number of hydrogen-bond donors (Lipinski definition) is 2. The number of halogens is 1. The van der Waals surface area contributed by atoms with E-state index in [2.05, 4.69) is 10.3 Å². The van der Waals surface area contributed by atoms with Gasteiger partial charge in [0.1, 0.15) is 5.69 Å². The number of hydrogen-bond acceptors (Lipinski definition) is 5. The van der Waals surface area contributed by atoms with Gasteiger partial charge in [0.15, 0.2) is 0 Å². The van der Waals surface area contributed by atoms with E-state index in [1.54, 1.807) is 30.3 Å². The molecule has 0 spiro atoms. The highest BCUT2D eigenvalue weighted by molar-refractivity contribution is 6.31. The maximum Gasteiger partial charge on any atom is 0.354 e. The summed E-state index contributed by atoms with van der Waals surface area (Å²) in [5.41, 5.74) is 4.21. The summed E-state index contributed by atoms with van der Waals surface area (Å²) in [7, 11) is 2.66. The van der Waals surface area contributed by atoms with Crippen molar-refractivity contribution in [1.29, 1.82) is 0 Å². The number of para-hydroxylation sites is 1. The van der Waals surface area contributed by atoms with Crippen LogP contribution in [0.2, 0.25) is 5.02 Å². The van der Waals surface area contributed by atoms with E-state index in [9.17, 15) is 14.4 Å². The van der Waals surface area contributed by atoms with Gasteiger partial charge in [-0.15, -0.1) is 0 Å². The van der Waals surface area contributed by atoms with Gasteiger partial charge in [0.2, 0.25) is 5.91 Å². The van der Waals surface area contributed by atoms with Gasteiger partial charge in [-0.25, -0.2) is 4.79 Å². The Hall–Kier alpha value is -3.32. The number of rotatable bonds is 6. The number of benzene rings is 2. The number of ether oxygens (including phenoxy) is 2. The quantitative estimate of drug-likeness (QED) is 0.538. The number of methoxy groups -OCH3 is 2. The lowest BCUT2D eigenvalue weighted by Gasteiger charge is -2.23. The Balaban J connectivity index is 1.62. The van der Waals surface area contributed by atoms with E-state index in [1.165, 1.54) is 14.2 Å². The summed E-state index contributed by atoms with van der Waals surface area (Å²) >= 11 is 6.24. The third-order valence-electron chi connectivity index (χ3n) is 5.83. The van der Waals surface area contributed by atoms with Gasteiger partial charge in [-0.3, -0.25) is 9.59 Å². The monoisotopic (exact) mass is 454 g/mol. The molecule has 1 aliphatic rings. The number of aryl methyl sites for hydroxylation is 1. The van der Waals surface area contributed by atoms with Gasteiger partial charge in [0.25, 0.3) is 0 Å². The molecule has 0 aliphatic heterocycles. The van der Waals surface area contributed by atoms with Crippen molar-refractivity contribution in [3.05, 3.63) is 63.8 Å². The zero-order valence-corrected chi connectivity index (χ0v) is 18.5. The summed E-state index contributed by atoms with van der Waals surface area (Å²) in [4.78, 5) is 40.2. The Morgan fingerprint density at radius 2 is 1.94 bits per heavy atom. The number of nitrogens with one attached hydrogen (secondary N) is 2. The summed E-state index contributed by atoms with van der Waals surface area (Å²) in [6, 6.07) is 10.8. The molecular formula is C24H23ClN2O5. The molecule has 2 aromatic carbocycles. The average molecular weight is 455 g/mol. The number of esters is 2. The first-order chi connectivity index (χ1) is 15.4. The van der Waals surface area contributed by atoms with Crippen LogP contribution in [0.3, 0.4) is 0 Å². The van der Waals surface area contributed by atoms with Crippen LogP contribution < -0.4 is 5.32 Å². The van der Waals surface area contributed by atoms with E-state index >= 15 is 0 Å². The van der Waals surface area contributed by atoms with Crippen LogP contribution in [0.4, 0.5) is 5.69 Å². The number of H-pyrrole nitrogens is 1. The Morgan fingerprint density at radius 1 is 1.16 bits per heavy atom. The minimum Gasteiger partial charge on any atom is -0.469 e. The smallest absolute Gasteiger partial charge is 0.354 e. The second-order valence-corrected chi connectivity index (χ2v) is 8.23. The summed E-state index contributed by atoms with van der Waals surface area (Å²) < 4.78 is 9.71. The van der Waals surface area contributed by atoms with E-state index in [-0.39, 0.29) is 30.6 Å². The van der Waals surface area contributed by atoms with Gasteiger partial charge in [-0.2, -0.15) is 0 Å². The first-order valence-corrected chi connectivity index (χ1v) is 10.7. The molecule has 0 fully saturated rings. The molecule has 0 saturated heterocycles. The maximum atomic E-state index is 13.0. The summed E-state index contributed by atoms with van der Waals surface area (Å²) in [6.45, 7) is 0. The predicted molar refractivity (Wildman–Crippen MR) is 121 cm³/mol. The Bertz CT molecular complexity index is 1220. The lowest BCUT2D eigenvalue weighted by atomic mass is 9.81. The molecule has 7 nitrogen and oxygen atoms in total. The second kappa shape index (κ2) is 9.04. The summed E-state index contributed by atoms with van der Waals surface area (Å²) in [5, 5.41) is 4.44. The molecule has 0 bridgehead atoms. The van der Waals surface area contributed by atoms with Gasteiger partial charge in [-0.1, -0.05) is 29.8 Å². The van der Waals surface area contributed by atoms with E-state index < -0.39 is 5.97 Å². The SMILES string of the molecule is COC(=O)Cc1ccccc1NC(=O)C[C@@H]1CCc2cc(Cl)cc3[nH]c(C(=O)OC)c1c23. The third kappa shape index (κ3) is 4.21. The number of amides is 1. The van der Waals surface area contributed by atoms with Crippen molar-refractivity contribution in [3.8, 4) is 0 Å². The molecule has 1 atom stereocenters. The maximum absolute atomic E-state index is 13.0. The highest BCUT2D eigenvalue weighted by Crippen LogP contribution is 2.42. The summed E-state index contributed by atoms with van der Waals surface area (Å²) in [5.74, 6) is -1.23. The van der Waals surface area contributed by atoms with Gasteiger partial charge >= 0.3 is 11.9 Å². The molecule has 32 heavy (non-hydrogen) atoms. The fraction of sp³-hybridized carbons (Fsp3) is 0.292. The van der Waals surface area contributed by atoms with Crippen LogP contribution in [-0.4, -0.2) is 37.0 Å². The van der Waals surface area contributed by atoms with Crippen LogP contribution in [0, 0.1) is 0 Å². The Kier molecular flexibility index (Phi) is 6.19. The van der Waals surface area contributed by atoms with E-state index in [0.29, 0.717) is 28.4 Å². The number of aromatic nitrogens is 1. The molecule has 2 N–H and O–H groups in total. The number of anilines is 1. The minimum atomic E-state index is -0.478. The first-order valence-electron chi connectivity index (χ1n) is 10.3. The van der Waals surface area contributed by atoms with Crippen LogP contribution in [0.15, 0.2) is 36.4 Å². The normalized spacial score (nSPS) is 14.8. The highest BCUT2D eigenvalue weighted by atomic mass is 35.5. The second-order valence-electron chi connectivity index (χ2n) is 7.79. The molecule has 0 radical (unpaired) electrons. The van der Waals surface area contributed by atoms with Crippen molar-refractivity contribution in [1.82, 2.24) is 4.98 Å². The first kappa shape index (κ1) is 21.9. The van der Waals surface area contributed by atoms with Gasteiger partial charge in [0.05, 0.1) is 20.6 Å². The number of aromatic amines is 1. The highest BCUT2D eigenvalue weighted by Gasteiger charge is 2.31. The fourth-order valence-corrected chi connectivity index (χ4v) is 4.64. The largest absolute Gasteiger partial charge is 0.469 e. The molecule has 1 heterocycles. The Labute approximate surface area is 190 Å². The molecule has 8 heteroatoms. The lowest BCUT2D eigenvalue weighted by Crippen LogP contribution is -2.20. The molecule has 166 valence electrons. The van der Waals surface area contributed by atoms with E-state index in [4.69, 9.17) is 21.1 Å². The Morgan fingerprint density at radius 3 is 2.69 bits per heavy atom. The molecule has 0 saturated carbocycles. The molecule has 1 aromatic heterocycles. The topological polar surface area (TPSA) is 97.5 Å². The zero-order chi connectivity index (χ0) is 22.8. The van der Waals surface area contributed by atoms with Gasteiger partial charge < -0.3 is 19.8 Å². The molecule has 0 unspecified atom stereocenters. The van der Waals surface area contributed by atoms with Crippen molar-refractivity contribution in [2.75, 3.05) is 19.5 Å². The van der Waals surface area contributed by atoms with E-state index in [1.807, 2.05) is 6.07 Å². The van der Waals surface area contributed by atoms with Crippen LogP contribution >= 0.6 is 11.6 Å². The molecule has 1 aliphatic carbocycles. The minimum absolute atomic E-state index is 0.0649. The number of carbonyl (C=O) groups excluding carboxylic acids is 3. The average Bonchev–Trinajstić information content (AvgIpc) is 3.16. The van der Waals surface area contributed by atoms with Crippen molar-refractivity contribution < 1.29 is 23.9 Å². The van der Waals surface area contributed by atoms with Crippen molar-refractivity contribution in [3.63, 3.8) is 0 Å². The van der Waals surface area contributed by atoms with Crippen molar-refractivity contribution in [2.45, 2.75) is 31.6 Å². The van der Waals surface area contributed by atoms with Crippen molar-refractivity contribution >= 4 is 46.0 Å². The summed E-state index contributed by atoms with van der Waals surface area (Å²) in [6.07, 6.45) is 1.70. The molecular weight excluding hydrogens is 432 g/mol. The van der Waals surface area contributed by atoms with Gasteiger partial charge in [-0.05, 0) is 53.6 Å². The molecule has 1 amide bonds. The predicted octanol–water partition coefficient (Wildman–Crippen LogP) is 4.38. The van der Waals surface area contributed by atoms with E-state index in [0.717, 1.165) is 28.5 Å². The standard InChI is InChI=1S/C24H23ClN2O5/c1-31-20(29)11-13-5-3-4-6-17(13)26-19(28)10-15-8-7-14-9-16(25)12-18-21(14)22(15)23(27-18)24(30)32-2/h3-6,9,12,15,27H,7-8,10-11H2,1-2H3,(H,26,28)/t15-/m0/s1. The van der Waals surface area contributed by atoms with Crippen LogP contribution in [-0.2, 0) is 31.9 Å². The lowest BCUT2D eigenvalue weighted by molar-refractivity contribution is -0.139. The molecule has 4 rings (SSSR count). The van der Waals surface area contributed by atoms with Crippen LogP contribution in [0.5, 0.6) is 0 Å². The fourth-order valence-electron chi connectivity index (χ4n) is 4.40.